The molecular weight excluding hydrogens is 350 g/mol. The van der Waals surface area contributed by atoms with Crippen molar-refractivity contribution in [3.63, 3.8) is 0 Å². The molecule has 2 fully saturated rings. The number of halogens is 1. The van der Waals surface area contributed by atoms with Crippen LogP contribution in [0.4, 0.5) is 0 Å². The molecule has 26 heavy (non-hydrogen) atoms. The first-order chi connectivity index (χ1) is 12.1. The van der Waals surface area contributed by atoms with Gasteiger partial charge in [-0.2, -0.15) is 5.26 Å². The lowest BCUT2D eigenvalue weighted by Gasteiger charge is -2.32. The number of rotatable bonds is 2. The quantitative estimate of drug-likeness (QED) is 0.747. The predicted molar refractivity (Wildman–Crippen MR) is 101 cm³/mol. The van der Waals surface area contributed by atoms with Crippen LogP contribution in [-0.2, 0) is 9.31 Å². The Morgan fingerprint density at radius 2 is 1.81 bits per heavy atom. The summed E-state index contributed by atoms with van der Waals surface area (Å²) in [5.41, 5.74) is 0.290. The Balaban J connectivity index is 1.81. The maximum atomic E-state index is 12.8. The minimum atomic E-state index is -0.607. The highest BCUT2D eigenvalue weighted by molar-refractivity contribution is 6.65. The number of hydrogen-bond acceptors (Lipinski definition) is 4. The third-order valence-electron chi connectivity index (χ3n) is 5.71. The van der Waals surface area contributed by atoms with Crippen LogP contribution in [0.25, 0.3) is 0 Å². The lowest BCUT2D eigenvalue weighted by molar-refractivity contribution is 0.00578. The van der Waals surface area contributed by atoms with Crippen LogP contribution in [0.2, 0.25) is 5.02 Å². The van der Waals surface area contributed by atoms with Crippen LogP contribution >= 0.6 is 11.6 Å². The van der Waals surface area contributed by atoms with E-state index in [2.05, 4.69) is 6.07 Å². The standard InChI is InChI=1S/C19H24BClN2O3/c1-18(2)19(3,4)26-20(25-18)15-11-14(5-6-16(15)21)17(24)23-9-7-13(12-22)8-10-23/h5-6,11,13H,7-10H2,1-4H3. The molecule has 0 aromatic heterocycles. The summed E-state index contributed by atoms with van der Waals surface area (Å²) in [5, 5.41) is 9.53. The smallest absolute Gasteiger partial charge is 0.399 e. The monoisotopic (exact) mass is 374 g/mol. The van der Waals surface area contributed by atoms with Gasteiger partial charge in [0.25, 0.3) is 5.91 Å². The van der Waals surface area contributed by atoms with Gasteiger partial charge in [0, 0.05) is 35.1 Å². The summed E-state index contributed by atoms with van der Waals surface area (Å²) < 4.78 is 12.1. The van der Waals surface area contributed by atoms with Crippen LogP contribution in [0.1, 0.15) is 50.9 Å². The number of carbonyl (C=O) groups is 1. The molecule has 2 aliphatic rings. The Morgan fingerprint density at radius 1 is 1.23 bits per heavy atom. The van der Waals surface area contributed by atoms with Crippen LogP contribution in [0.15, 0.2) is 18.2 Å². The maximum absolute atomic E-state index is 12.8. The zero-order chi connectivity index (χ0) is 19.1. The molecule has 2 heterocycles. The second-order valence-corrected chi connectivity index (χ2v) is 8.43. The van der Waals surface area contributed by atoms with Gasteiger partial charge in [0.15, 0.2) is 0 Å². The number of piperidine rings is 1. The van der Waals surface area contributed by atoms with E-state index in [1.165, 1.54) is 0 Å². The van der Waals surface area contributed by atoms with Crippen molar-refractivity contribution in [2.45, 2.75) is 51.7 Å². The van der Waals surface area contributed by atoms with Gasteiger partial charge in [0.05, 0.1) is 17.3 Å². The van der Waals surface area contributed by atoms with Crippen LogP contribution in [0.3, 0.4) is 0 Å². The summed E-state index contributed by atoms with van der Waals surface area (Å²) in [6.07, 6.45) is 1.44. The molecule has 0 N–H and O–H groups in total. The number of nitriles is 1. The topological polar surface area (TPSA) is 62.6 Å². The Labute approximate surface area is 160 Å². The molecule has 5 nitrogen and oxygen atoms in total. The molecule has 0 bridgehead atoms. The Kier molecular flexibility index (Phi) is 5.09. The van der Waals surface area contributed by atoms with E-state index in [9.17, 15) is 4.79 Å². The van der Waals surface area contributed by atoms with Crippen molar-refractivity contribution in [3.8, 4) is 6.07 Å². The van der Waals surface area contributed by atoms with Gasteiger partial charge in [0.1, 0.15) is 0 Å². The average molecular weight is 375 g/mol. The highest BCUT2D eigenvalue weighted by Gasteiger charge is 2.52. The summed E-state index contributed by atoms with van der Waals surface area (Å²) in [7, 11) is -0.607. The fraction of sp³-hybridized carbons (Fsp3) is 0.579. The van der Waals surface area contributed by atoms with E-state index < -0.39 is 18.3 Å². The highest BCUT2D eigenvalue weighted by Crippen LogP contribution is 2.37. The van der Waals surface area contributed by atoms with Gasteiger partial charge in [-0.1, -0.05) is 11.6 Å². The number of likely N-dealkylation sites (tertiary alicyclic amines) is 1. The van der Waals surface area contributed by atoms with Crippen molar-refractivity contribution in [2.24, 2.45) is 5.92 Å². The van der Waals surface area contributed by atoms with Crippen LogP contribution in [0, 0.1) is 17.2 Å². The van der Waals surface area contributed by atoms with Crippen molar-refractivity contribution >= 4 is 30.1 Å². The second kappa shape index (κ2) is 6.88. The second-order valence-electron chi connectivity index (χ2n) is 8.02. The minimum absolute atomic E-state index is 0.0455. The van der Waals surface area contributed by atoms with Gasteiger partial charge in [0.2, 0.25) is 0 Å². The molecule has 138 valence electrons. The Bertz CT molecular complexity index is 736. The third-order valence-corrected chi connectivity index (χ3v) is 6.06. The maximum Gasteiger partial charge on any atom is 0.496 e. The van der Waals surface area contributed by atoms with Gasteiger partial charge in [-0.05, 0) is 58.7 Å². The largest absolute Gasteiger partial charge is 0.496 e. The average Bonchev–Trinajstić information content (AvgIpc) is 2.82. The molecule has 1 amide bonds. The number of nitrogens with zero attached hydrogens (tertiary/aromatic N) is 2. The molecule has 7 heteroatoms. The molecular formula is C19H24BClN2O3. The molecule has 0 spiro atoms. The summed E-state index contributed by atoms with van der Waals surface area (Å²) in [6.45, 7) is 9.13. The Morgan fingerprint density at radius 3 is 2.35 bits per heavy atom. The third kappa shape index (κ3) is 3.49. The minimum Gasteiger partial charge on any atom is -0.399 e. The zero-order valence-corrected chi connectivity index (χ0v) is 16.5. The Hall–Kier alpha value is -1.55. The van der Waals surface area contributed by atoms with Crippen molar-refractivity contribution in [1.29, 1.82) is 5.26 Å². The molecule has 0 unspecified atom stereocenters. The van der Waals surface area contributed by atoms with E-state index in [0.717, 1.165) is 12.8 Å². The van der Waals surface area contributed by atoms with Crippen molar-refractivity contribution in [3.05, 3.63) is 28.8 Å². The molecule has 0 atom stereocenters. The lowest BCUT2D eigenvalue weighted by Crippen LogP contribution is -2.41. The van der Waals surface area contributed by atoms with Gasteiger partial charge in [-0.25, -0.2) is 0 Å². The molecule has 1 aromatic rings. The summed E-state index contributed by atoms with van der Waals surface area (Å²) in [6, 6.07) is 7.50. The molecule has 0 saturated carbocycles. The predicted octanol–water partition coefficient (Wildman–Crippen LogP) is 3.01. The van der Waals surface area contributed by atoms with E-state index in [0.29, 0.717) is 29.1 Å². The first-order valence-corrected chi connectivity index (χ1v) is 9.36. The number of hydrogen-bond donors (Lipinski definition) is 0. The van der Waals surface area contributed by atoms with Crippen molar-refractivity contribution in [1.82, 2.24) is 4.90 Å². The normalized spacial score (nSPS) is 22.3. The van der Waals surface area contributed by atoms with Gasteiger partial charge in [-0.15, -0.1) is 0 Å². The van der Waals surface area contributed by atoms with E-state index in [1.807, 2.05) is 27.7 Å². The van der Waals surface area contributed by atoms with Crippen LogP contribution in [0.5, 0.6) is 0 Å². The summed E-state index contributed by atoms with van der Waals surface area (Å²) in [4.78, 5) is 14.6. The van der Waals surface area contributed by atoms with E-state index in [-0.39, 0.29) is 11.8 Å². The van der Waals surface area contributed by atoms with Crippen LogP contribution in [-0.4, -0.2) is 42.2 Å². The lowest BCUT2D eigenvalue weighted by atomic mass is 9.78. The molecule has 0 radical (unpaired) electrons. The SMILES string of the molecule is CC1(C)OB(c2cc(C(=O)N3CCC(C#N)CC3)ccc2Cl)OC1(C)C. The molecule has 2 saturated heterocycles. The number of carbonyl (C=O) groups excluding carboxylic acids is 1. The highest BCUT2D eigenvalue weighted by atomic mass is 35.5. The fourth-order valence-electron chi connectivity index (χ4n) is 3.22. The van der Waals surface area contributed by atoms with E-state index in [4.69, 9.17) is 26.2 Å². The van der Waals surface area contributed by atoms with Gasteiger partial charge < -0.3 is 14.2 Å². The van der Waals surface area contributed by atoms with Gasteiger partial charge in [-0.3, -0.25) is 4.79 Å². The molecule has 3 rings (SSSR count). The fourth-order valence-corrected chi connectivity index (χ4v) is 3.43. The molecule has 1 aromatic carbocycles. The summed E-state index contributed by atoms with van der Waals surface area (Å²) in [5.74, 6) is 0.000374. The summed E-state index contributed by atoms with van der Waals surface area (Å²) >= 11 is 6.37. The van der Waals surface area contributed by atoms with E-state index >= 15 is 0 Å². The zero-order valence-electron chi connectivity index (χ0n) is 15.7. The first kappa shape index (κ1) is 19.2. The van der Waals surface area contributed by atoms with Crippen molar-refractivity contribution < 1.29 is 14.1 Å². The first-order valence-electron chi connectivity index (χ1n) is 8.98. The van der Waals surface area contributed by atoms with Gasteiger partial charge >= 0.3 is 7.12 Å². The number of benzene rings is 1. The van der Waals surface area contributed by atoms with Crippen LogP contribution < -0.4 is 5.46 Å². The number of amides is 1. The van der Waals surface area contributed by atoms with E-state index in [1.54, 1.807) is 23.1 Å². The van der Waals surface area contributed by atoms with Crippen molar-refractivity contribution in [2.75, 3.05) is 13.1 Å². The molecule has 0 aliphatic carbocycles. The molecule has 2 aliphatic heterocycles.